The number of aryl methyl sites for hydroxylation is 1. The van der Waals surface area contributed by atoms with Gasteiger partial charge in [-0.25, -0.2) is 0 Å². The van der Waals surface area contributed by atoms with Crippen LogP contribution in [-0.4, -0.2) is 50.8 Å². The number of aromatic nitrogens is 1. The SMILES string of the molecule is C[C@]1(O)CCN(C(=O)CCc2c[nH]c3ccccc23)C[C@@H]1O. The highest BCUT2D eigenvalue weighted by Gasteiger charge is 2.37. The number of hydrogen-bond acceptors (Lipinski definition) is 3. The molecule has 1 amide bonds. The van der Waals surface area contributed by atoms with Crippen molar-refractivity contribution in [3.8, 4) is 0 Å². The Hall–Kier alpha value is -1.85. The highest BCUT2D eigenvalue weighted by atomic mass is 16.3. The standard InChI is InChI=1S/C17H22N2O3/c1-17(22)8-9-19(11-15(17)20)16(21)7-6-12-10-18-14-5-3-2-4-13(12)14/h2-5,10,15,18,20,22H,6-9,11H2,1H3/t15-,17-/m0/s1. The zero-order valence-electron chi connectivity index (χ0n) is 12.7. The molecule has 1 fully saturated rings. The van der Waals surface area contributed by atoms with Crippen LogP contribution in [0.1, 0.15) is 25.3 Å². The first-order valence-corrected chi connectivity index (χ1v) is 7.70. The normalized spacial score (nSPS) is 25.6. The van der Waals surface area contributed by atoms with Crippen molar-refractivity contribution in [2.75, 3.05) is 13.1 Å². The molecule has 0 unspecified atom stereocenters. The van der Waals surface area contributed by atoms with Crippen LogP contribution in [0.2, 0.25) is 0 Å². The lowest BCUT2D eigenvalue weighted by Gasteiger charge is -2.40. The van der Waals surface area contributed by atoms with E-state index < -0.39 is 11.7 Å². The van der Waals surface area contributed by atoms with Crippen molar-refractivity contribution in [2.45, 2.75) is 37.9 Å². The lowest BCUT2D eigenvalue weighted by molar-refractivity contribution is -0.146. The minimum atomic E-state index is -1.09. The van der Waals surface area contributed by atoms with Gasteiger partial charge in [0, 0.05) is 36.6 Å². The zero-order valence-corrected chi connectivity index (χ0v) is 12.7. The Labute approximate surface area is 129 Å². The Balaban J connectivity index is 1.61. The molecule has 5 heteroatoms. The smallest absolute Gasteiger partial charge is 0.222 e. The van der Waals surface area contributed by atoms with Crippen molar-refractivity contribution in [3.63, 3.8) is 0 Å². The summed E-state index contributed by atoms with van der Waals surface area (Å²) in [6.07, 6.45) is 2.57. The molecule has 2 aromatic rings. The molecule has 3 rings (SSSR count). The van der Waals surface area contributed by atoms with E-state index in [1.54, 1.807) is 11.8 Å². The van der Waals surface area contributed by atoms with Gasteiger partial charge in [0.05, 0.1) is 11.7 Å². The average molecular weight is 302 g/mol. The largest absolute Gasteiger partial charge is 0.388 e. The number of aliphatic hydroxyl groups is 2. The topological polar surface area (TPSA) is 76.6 Å². The van der Waals surface area contributed by atoms with Crippen molar-refractivity contribution < 1.29 is 15.0 Å². The molecule has 1 aromatic heterocycles. The van der Waals surface area contributed by atoms with Crippen molar-refractivity contribution in [1.82, 2.24) is 9.88 Å². The predicted octanol–water partition coefficient (Wildman–Crippen LogP) is 1.44. The lowest BCUT2D eigenvalue weighted by Crippen LogP contribution is -2.55. The summed E-state index contributed by atoms with van der Waals surface area (Å²) < 4.78 is 0. The maximum atomic E-state index is 12.3. The number of H-pyrrole nitrogens is 1. The van der Waals surface area contributed by atoms with Gasteiger partial charge in [0.25, 0.3) is 0 Å². The van der Waals surface area contributed by atoms with Crippen molar-refractivity contribution >= 4 is 16.8 Å². The number of amides is 1. The first kappa shape index (κ1) is 15.1. The van der Waals surface area contributed by atoms with E-state index in [-0.39, 0.29) is 12.5 Å². The summed E-state index contributed by atoms with van der Waals surface area (Å²) in [4.78, 5) is 17.2. The summed E-state index contributed by atoms with van der Waals surface area (Å²) >= 11 is 0. The summed E-state index contributed by atoms with van der Waals surface area (Å²) in [6, 6.07) is 8.04. The molecule has 0 saturated carbocycles. The molecule has 0 radical (unpaired) electrons. The molecule has 0 aliphatic carbocycles. The first-order chi connectivity index (χ1) is 10.5. The fourth-order valence-corrected chi connectivity index (χ4v) is 2.99. The molecule has 3 N–H and O–H groups in total. The molecule has 118 valence electrons. The van der Waals surface area contributed by atoms with E-state index >= 15 is 0 Å². The summed E-state index contributed by atoms with van der Waals surface area (Å²) in [5, 5.41) is 21.0. The van der Waals surface area contributed by atoms with E-state index in [9.17, 15) is 15.0 Å². The van der Waals surface area contributed by atoms with Crippen LogP contribution in [0.3, 0.4) is 0 Å². The molecule has 2 atom stereocenters. The number of nitrogens with zero attached hydrogens (tertiary/aromatic N) is 1. The Bertz CT molecular complexity index is 677. The number of nitrogens with one attached hydrogen (secondary N) is 1. The Kier molecular flexibility index (Phi) is 3.93. The third-order valence-corrected chi connectivity index (χ3v) is 4.63. The number of hydrogen-bond donors (Lipinski definition) is 3. The van der Waals surface area contributed by atoms with Gasteiger partial charge in [-0.15, -0.1) is 0 Å². The number of carbonyl (C=O) groups excluding carboxylic acids is 1. The van der Waals surface area contributed by atoms with Crippen LogP contribution in [0.25, 0.3) is 10.9 Å². The zero-order chi connectivity index (χ0) is 15.7. The molecule has 0 bridgehead atoms. The Morgan fingerprint density at radius 1 is 1.45 bits per heavy atom. The minimum Gasteiger partial charge on any atom is -0.388 e. The predicted molar refractivity (Wildman–Crippen MR) is 84.4 cm³/mol. The first-order valence-electron chi connectivity index (χ1n) is 7.70. The highest BCUT2D eigenvalue weighted by molar-refractivity contribution is 5.84. The molecular weight excluding hydrogens is 280 g/mol. The van der Waals surface area contributed by atoms with Gasteiger partial charge < -0.3 is 20.1 Å². The van der Waals surface area contributed by atoms with E-state index in [2.05, 4.69) is 4.98 Å². The number of rotatable bonds is 3. The molecule has 5 nitrogen and oxygen atoms in total. The van der Waals surface area contributed by atoms with Crippen LogP contribution >= 0.6 is 0 Å². The van der Waals surface area contributed by atoms with Crippen LogP contribution in [0.15, 0.2) is 30.5 Å². The van der Waals surface area contributed by atoms with E-state index in [1.807, 2.05) is 30.5 Å². The Morgan fingerprint density at radius 3 is 3.00 bits per heavy atom. The molecule has 2 heterocycles. The monoisotopic (exact) mass is 302 g/mol. The van der Waals surface area contributed by atoms with Gasteiger partial charge in [-0.05, 0) is 31.4 Å². The van der Waals surface area contributed by atoms with Gasteiger partial charge in [0.1, 0.15) is 0 Å². The third-order valence-electron chi connectivity index (χ3n) is 4.63. The lowest BCUT2D eigenvalue weighted by atomic mass is 9.90. The second-order valence-corrected chi connectivity index (χ2v) is 6.32. The number of carbonyl (C=O) groups is 1. The van der Waals surface area contributed by atoms with E-state index in [0.717, 1.165) is 16.5 Å². The number of likely N-dealkylation sites (tertiary alicyclic amines) is 1. The van der Waals surface area contributed by atoms with Gasteiger partial charge in [-0.2, -0.15) is 0 Å². The number of benzene rings is 1. The third kappa shape index (κ3) is 2.87. The number of para-hydroxylation sites is 1. The minimum absolute atomic E-state index is 0.0276. The summed E-state index contributed by atoms with van der Waals surface area (Å²) in [6.45, 7) is 2.32. The second kappa shape index (κ2) is 5.74. The van der Waals surface area contributed by atoms with Crippen molar-refractivity contribution in [2.24, 2.45) is 0 Å². The fourth-order valence-electron chi connectivity index (χ4n) is 2.99. The Morgan fingerprint density at radius 2 is 2.23 bits per heavy atom. The van der Waals surface area contributed by atoms with Gasteiger partial charge in [0.2, 0.25) is 5.91 Å². The maximum absolute atomic E-state index is 12.3. The van der Waals surface area contributed by atoms with Crippen LogP contribution in [0, 0.1) is 0 Å². The molecule has 1 aliphatic heterocycles. The maximum Gasteiger partial charge on any atom is 0.222 e. The average Bonchev–Trinajstić information content (AvgIpc) is 2.91. The van der Waals surface area contributed by atoms with Crippen LogP contribution < -0.4 is 0 Å². The number of fused-ring (bicyclic) bond motifs is 1. The van der Waals surface area contributed by atoms with Gasteiger partial charge >= 0.3 is 0 Å². The van der Waals surface area contributed by atoms with Crippen LogP contribution in [-0.2, 0) is 11.2 Å². The fraction of sp³-hybridized carbons (Fsp3) is 0.471. The van der Waals surface area contributed by atoms with Gasteiger partial charge in [0.15, 0.2) is 0 Å². The van der Waals surface area contributed by atoms with E-state index in [0.29, 0.717) is 25.8 Å². The number of piperidine rings is 1. The molecule has 22 heavy (non-hydrogen) atoms. The summed E-state index contributed by atoms with van der Waals surface area (Å²) in [5.41, 5.74) is 1.12. The van der Waals surface area contributed by atoms with Crippen LogP contribution in [0.4, 0.5) is 0 Å². The summed E-state index contributed by atoms with van der Waals surface area (Å²) in [5.74, 6) is 0.0276. The quantitative estimate of drug-likeness (QED) is 0.803. The van der Waals surface area contributed by atoms with Gasteiger partial charge in [-0.3, -0.25) is 4.79 Å². The molecule has 1 aromatic carbocycles. The second-order valence-electron chi connectivity index (χ2n) is 6.32. The van der Waals surface area contributed by atoms with E-state index in [4.69, 9.17) is 0 Å². The molecular formula is C17H22N2O3. The highest BCUT2D eigenvalue weighted by Crippen LogP contribution is 2.23. The number of aliphatic hydroxyl groups excluding tert-OH is 1. The number of β-amino-alcohol motifs (C(OH)–C–C–N with tert-alkyl or cyclic N) is 1. The molecule has 1 saturated heterocycles. The summed E-state index contributed by atoms with van der Waals surface area (Å²) in [7, 11) is 0. The van der Waals surface area contributed by atoms with E-state index in [1.165, 1.54) is 0 Å². The number of aromatic amines is 1. The van der Waals surface area contributed by atoms with Crippen LogP contribution in [0.5, 0.6) is 0 Å². The van der Waals surface area contributed by atoms with Crippen molar-refractivity contribution in [3.05, 3.63) is 36.0 Å². The van der Waals surface area contributed by atoms with Gasteiger partial charge in [-0.1, -0.05) is 18.2 Å². The van der Waals surface area contributed by atoms with Crippen molar-refractivity contribution in [1.29, 1.82) is 0 Å². The molecule has 1 aliphatic rings. The molecule has 0 spiro atoms.